The van der Waals surface area contributed by atoms with E-state index in [0.717, 1.165) is 27.6 Å². The SMILES string of the molecule is c1ccc(-c2cccc3oc4cc(-n5c6ccccc6c6c7c8ccccc8n(-c8cccc9ccccc89)c7ccc65)ccc4c23)cc1. The lowest BCUT2D eigenvalue weighted by atomic mass is 9.99. The Hall–Kier alpha value is -6.58. The zero-order valence-corrected chi connectivity index (χ0v) is 26.5. The minimum absolute atomic E-state index is 0.885. The van der Waals surface area contributed by atoms with E-state index in [4.69, 9.17) is 4.42 Å². The van der Waals surface area contributed by atoms with Crippen molar-refractivity contribution in [3.05, 3.63) is 170 Å². The molecule has 8 aromatic carbocycles. The van der Waals surface area contributed by atoms with Crippen LogP contribution in [0.3, 0.4) is 0 Å². The summed E-state index contributed by atoms with van der Waals surface area (Å²) < 4.78 is 11.4. The van der Waals surface area contributed by atoms with Crippen LogP contribution in [0.4, 0.5) is 0 Å². The van der Waals surface area contributed by atoms with Gasteiger partial charge in [-0.05, 0) is 65.0 Å². The van der Waals surface area contributed by atoms with Gasteiger partial charge in [0.25, 0.3) is 0 Å². The smallest absolute Gasteiger partial charge is 0.137 e. The van der Waals surface area contributed by atoms with Crippen LogP contribution in [0.25, 0.3) is 98.8 Å². The molecule has 3 heteroatoms. The number of benzene rings is 8. The van der Waals surface area contributed by atoms with Gasteiger partial charge in [-0.3, -0.25) is 0 Å². The lowest BCUT2D eigenvalue weighted by Gasteiger charge is -2.12. The van der Waals surface area contributed by atoms with Gasteiger partial charge in [0.05, 0.1) is 27.8 Å². The van der Waals surface area contributed by atoms with Crippen LogP contribution < -0.4 is 0 Å². The van der Waals surface area contributed by atoms with Gasteiger partial charge in [0.15, 0.2) is 0 Å². The van der Waals surface area contributed by atoms with Gasteiger partial charge in [-0.2, -0.15) is 0 Å². The van der Waals surface area contributed by atoms with Crippen LogP contribution in [-0.2, 0) is 0 Å². The van der Waals surface area contributed by atoms with Crippen LogP contribution in [0.1, 0.15) is 0 Å². The third-order valence-electron chi connectivity index (χ3n) is 10.3. The highest BCUT2D eigenvalue weighted by Crippen LogP contribution is 2.44. The Balaban J connectivity index is 1.21. The normalized spacial score (nSPS) is 12.1. The van der Waals surface area contributed by atoms with E-state index in [-0.39, 0.29) is 0 Å². The van der Waals surface area contributed by atoms with Gasteiger partial charge < -0.3 is 13.6 Å². The van der Waals surface area contributed by atoms with Crippen molar-refractivity contribution in [3.63, 3.8) is 0 Å². The predicted molar refractivity (Wildman–Crippen MR) is 205 cm³/mol. The first-order valence-corrected chi connectivity index (χ1v) is 16.8. The summed E-state index contributed by atoms with van der Waals surface area (Å²) in [5.41, 5.74) is 11.2. The zero-order valence-electron chi connectivity index (χ0n) is 26.5. The van der Waals surface area contributed by atoms with E-state index >= 15 is 0 Å². The third-order valence-corrected chi connectivity index (χ3v) is 10.3. The second-order valence-electron chi connectivity index (χ2n) is 12.9. The number of hydrogen-bond acceptors (Lipinski definition) is 1. The van der Waals surface area contributed by atoms with E-state index in [1.54, 1.807) is 0 Å². The molecule has 0 atom stereocenters. The molecule has 11 aromatic rings. The van der Waals surface area contributed by atoms with Gasteiger partial charge in [0.2, 0.25) is 0 Å². The van der Waals surface area contributed by atoms with Crippen LogP contribution in [0.15, 0.2) is 174 Å². The van der Waals surface area contributed by atoms with Crippen molar-refractivity contribution in [2.24, 2.45) is 0 Å². The Kier molecular flexibility index (Phi) is 5.38. The van der Waals surface area contributed by atoms with Gasteiger partial charge in [-0.25, -0.2) is 0 Å². The number of aromatic nitrogens is 2. The molecule has 0 fully saturated rings. The maximum Gasteiger partial charge on any atom is 0.137 e. The molecular formula is C46H28N2O. The molecule has 0 N–H and O–H groups in total. The van der Waals surface area contributed by atoms with E-state index in [0.29, 0.717) is 0 Å². The van der Waals surface area contributed by atoms with Crippen molar-refractivity contribution in [2.45, 2.75) is 0 Å². The molecule has 49 heavy (non-hydrogen) atoms. The van der Waals surface area contributed by atoms with Crippen LogP contribution >= 0.6 is 0 Å². The lowest BCUT2D eigenvalue weighted by Crippen LogP contribution is -1.95. The van der Waals surface area contributed by atoms with Gasteiger partial charge >= 0.3 is 0 Å². The van der Waals surface area contributed by atoms with Crippen LogP contribution in [0, 0.1) is 0 Å². The Bertz CT molecular complexity index is 3100. The van der Waals surface area contributed by atoms with Crippen molar-refractivity contribution in [1.29, 1.82) is 0 Å². The fourth-order valence-electron chi connectivity index (χ4n) is 8.27. The molecule has 0 bridgehead atoms. The highest BCUT2D eigenvalue weighted by atomic mass is 16.3. The summed E-state index contributed by atoms with van der Waals surface area (Å²) >= 11 is 0. The van der Waals surface area contributed by atoms with Crippen LogP contribution in [0.2, 0.25) is 0 Å². The summed E-state index contributed by atoms with van der Waals surface area (Å²) in [6, 6.07) is 61.1. The first-order valence-electron chi connectivity index (χ1n) is 16.8. The summed E-state index contributed by atoms with van der Waals surface area (Å²) in [5, 5.41) is 9.78. The molecule has 0 aliphatic heterocycles. The minimum atomic E-state index is 0.885. The summed E-state index contributed by atoms with van der Waals surface area (Å²) in [5.74, 6) is 0. The van der Waals surface area contributed by atoms with E-state index in [9.17, 15) is 0 Å². The van der Waals surface area contributed by atoms with Gasteiger partial charge in [-0.1, -0.05) is 115 Å². The molecular weight excluding hydrogens is 597 g/mol. The molecule has 3 nitrogen and oxygen atoms in total. The van der Waals surface area contributed by atoms with Crippen molar-refractivity contribution in [2.75, 3.05) is 0 Å². The van der Waals surface area contributed by atoms with Gasteiger partial charge in [0, 0.05) is 49.5 Å². The molecule has 0 aliphatic rings. The molecule has 228 valence electrons. The fourth-order valence-corrected chi connectivity index (χ4v) is 8.27. The first-order chi connectivity index (χ1) is 24.3. The van der Waals surface area contributed by atoms with Crippen molar-refractivity contribution in [3.8, 4) is 22.5 Å². The number of furan rings is 1. The molecule has 3 aromatic heterocycles. The second kappa shape index (κ2) is 9.96. The number of nitrogens with zero attached hydrogens (tertiary/aromatic N) is 2. The van der Waals surface area contributed by atoms with Crippen molar-refractivity contribution < 1.29 is 4.42 Å². The summed E-state index contributed by atoms with van der Waals surface area (Å²) in [7, 11) is 0. The zero-order chi connectivity index (χ0) is 32.1. The van der Waals surface area contributed by atoms with E-state index in [2.05, 4.69) is 179 Å². The molecule has 0 radical (unpaired) electrons. The molecule has 0 amide bonds. The second-order valence-corrected chi connectivity index (χ2v) is 12.9. The molecule has 0 saturated heterocycles. The Morgan fingerprint density at radius 1 is 0.367 bits per heavy atom. The number of para-hydroxylation sites is 2. The van der Waals surface area contributed by atoms with E-state index in [1.807, 2.05) is 0 Å². The van der Waals surface area contributed by atoms with Crippen molar-refractivity contribution >= 4 is 76.3 Å². The number of fused-ring (bicyclic) bond motifs is 11. The quantitative estimate of drug-likeness (QED) is 0.192. The number of hydrogen-bond donors (Lipinski definition) is 0. The molecule has 0 saturated carbocycles. The molecule has 0 unspecified atom stereocenters. The molecule has 3 heterocycles. The topological polar surface area (TPSA) is 23.0 Å². The van der Waals surface area contributed by atoms with Crippen molar-refractivity contribution in [1.82, 2.24) is 9.13 Å². The van der Waals surface area contributed by atoms with Crippen LogP contribution in [0.5, 0.6) is 0 Å². The first kappa shape index (κ1) is 26.5. The monoisotopic (exact) mass is 624 g/mol. The molecule has 0 aliphatic carbocycles. The summed E-state index contributed by atoms with van der Waals surface area (Å²) in [4.78, 5) is 0. The third kappa shape index (κ3) is 3.67. The standard InChI is InChI=1S/C46H28N2O/c1-2-12-30(13-3-1)33-19-11-23-42-44(33)36-25-24-31(28-43(36)49-42)47-38-20-8-6-17-34(38)45-40(47)26-27-41-46(45)35-18-7-9-21-39(35)48(41)37-22-10-15-29-14-4-5-16-32(29)37/h1-28H. The highest BCUT2D eigenvalue weighted by molar-refractivity contribution is 6.29. The van der Waals surface area contributed by atoms with Gasteiger partial charge in [-0.15, -0.1) is 0 Å². The fraction of sp³-hybridized carbons (Fsp3) is 0. The molecule has 0 spiro atoms. The van der Waals surface area contributed by atoms with E-state index < -0.39 is 0 Å². The Labute approximate surface area is 281 Å². The average molecular weight is 625 g/mol. The Morgan fingerprint density at radius 2 is 1.00 bits per heavy atom. The molecule has 11 rings (SSSR count). The predicted octanol–water partition coefficient (Wildman–Crippen LogP) is 12.6. The Morgan fingerprint density at radius 3 is 1.80 bits per heavy atom. The van der Waals surface area contributed by atoms with Gasteiger partial charge in [0.1, 0.15) is 11.2 Å². The summed E-state index contributed by atoms with van der Waals surface area (Å²) in [6.07, 6.45) is 0. The highest BCUT2D eigenvalue weighted by Gasteiger charge is 2.22. The minimum Gasteiger partial charge on any atom is -0.456 e. The van der Waals surface area contributed by atoms with Crippen LogP contribution in [-0.4, -0.2) is 9.13 Å². The maximum atomic E-state index is 6.58. The average Bonchev–Trinajstić information content (AvgIpc) is 3.82. The number of rotatable bonds is 3. The van der Waals surface area contributed by atoms with E-state index in [1.165, 1.54) is 71.2 Å². The maximum absolute atomic E-state index is 6.58. The lowest BCUT2D eigenvalue weighted by molar-refractivity contribution is 0.668. The largest absolute Gasteiger partial charge is 0.456 e. The summed E-state index contributed by atoms with van der Waals surface area (Å²) in [6.45, 7) is 0.